The van der Waals surface area contributed by atoms with Crippen LogP contribution in [0.5, 0.6) is 0 Å². The molecule has 2 unspecified atom stereocenters. The molecule has 0 fully saturated rings. The molecule has 0 saturated heterocycles. The fourth-order valence-electron chi connectivity index (χ4n) is 1.70. The van der Waals surface area contributed by atoms with Crippen molar-refractivity contribution in [2.45, 2.75) is 72.8 Å². The molecular weight excluding hydrogens is 184 g/mol. The number of hydrogen-bond donors (Lipinski definition) is 1. The van der Waals surface area contributed by atoms with Crippen LogP contribution in [0.25, 0.3) is 0 Å². The maximum absolute atomic E-state index is 10.2. The van der Waals surface area contributed by atoms with E-state index in [0.29, 0.717) is 0 Å². The van der Waals surface area contributed by atoms with Crippen molar-refractivity contribution in [3.8, 4) is 0 Å². The Morgan fingerprint density at radius 1 is 1.33 bits per heavy atom. The Morgan fingerprint density at radius 2 is 1.93 bits per heavy atom. The molecule has 0 rings (SSSR count). The number of aliphatic hydroxyl groups excluding tert-OH is 1. The van der Waals surface area contributed by atoms with E-state index in [1.165, 1.54) is 12.0 Å². The van der Waals surface area contributed by atoms with Gasteiger partial charge in [0.05, 0.1) is 6.10 Å². The van der Waals surface area contributed by atoms with E-state index in [0.717, 1.165) is 25.7 Å². The van der Waals surface area contributed by atoms with Gasteiger partial charge in [0.1, 0.15) is 0 Å². The largest absolute Gasteiger partial charge is 0.393 e. The summed E-state index contributed by atoms with van der Waals surface area (Å²) >= 11 is 0. The third-order valence-electron chi connectivity index (χ3n) is 3.42. The van der Waals surface area contributed by atoms with Crippen LogP contribution in [0.2, 0.25) is 0 Å². The standard InChI is InChI=1S/C14H28O/c1-6-8-9-13(15)14(5,7-2)11-10-12(3)4/h10,13,15H,6-9,11H2,1-5H3. The topological polar surface area (TPSA) is 20.2 Å². The van der Waals surface area contributed by atoms with E-state index in [9.17, 15) is 5.11 Å². The van der Waals surface area contributed by atoms with Crippen LogP contribution in [0.3, 0.4) is 0 Å². The Morgan fingerprint density at radius 3 is 2.33 bits per heavy atom. The van der Waals surface area contributed by atoms with E-state index >= 15 is 0 Å². The van der Waals surface area contributed by atoms with Gasteiger partial charge in [-0.25, -0.2) is 0 Å². The molecule has 0 aliphatic carbocycles. The van der Waals surface area contributed by atoms with Crippen molar-refractivity contribution in [3.05, 3.63) is 11.6 Å². The van der Waals surface area contributed by atoms with Crippen molar-refractivity contribution in [2.75, 3.05) is 0 Å². The summed E-state index contributed by atoms with van der Waals surface area (Å²) in [5.41, 5.74) is 1.41. The van der Waals surface area contributed by atoms with Crippen molar-refractivity contribution in [1.82, 2.24) is 0 Å². The molecule has 0 bridgehead atoms. The summed E-state index contributed by atoms with van der Waals surface area (Å²) in [6.45, 7) is 10.8. The molecule has 1 heteroatoms. The molecule has 15 heavy (non-hydrogen) atoms. The Bertz CT molecular complexity index is 192. The molecule has 0 aliphatic heterocycles. The molecule has 0 radical (unpaired) electrons. The van der Waals surface area contributed by atoms with Gasteiger partial charge in [0.15, 0.2) is 0 Å². The fourth-order valence-corrected chi connectivity index (χ4v) is 1.70. The average molecular weight is 212 g/mol. The Kier molecular flexibility index (Phi) is 6.91. The van der Waals surface area contributed by atoms with Crippen LogP contribution in [0.1, 0.15) is 66.7 Å². The lowest BCUT2D eigenvalue weighted by Gasteiger charge is -2.33. The van der Waals surface area contributed by atoms with E-state index in [2.05, 4.69) is 40.7 Å². The second-order valence-electron chi connectivity index (χ2n) is 5.15. The minimum Gasteiger partial charge on any atom is -0.393 e. The Balaban J connectivity index is 4.33. The zero-order valence-electron chi connectivity index (χ0n) is 11.1. The average Bonchev–Trinajstić information content (AvgIpc) is 2.22. The summed E-state index contributed by atoms with van der Waals surface area (Å²) in [4.78, 5) is 0. The van der Waals surface area contributed by atoms with Crippen molar-refractivity contribution in [1.29, 1.82) is 0 Å². The van der Waals surface area contributed by atoms with Crippen LogP contribution in [0.15, 0.2) is 11.6 Å². The Labute approximate surface area is 95.6 Å². The molecule has 0 aromatic rings. The van der Waals surface area contributed by atoms with Gasteiger partial charge < -0.3 is 5.11 Å². The first kappa shape index (κ1) is 14.7. The highest BCUT2D eigenvalue weighted by Crippen LogP contribution is 2.33. The van der Waals surface area contributed by atoms with Gasteiger partial charge >= 0.3 is 0 Å². The highest BCUT2D eigenvalue weighted by Gasteiger charge is 2.29. The van der Waals surface area contributed by atoms with Gasteiger partial charge in [0, 0.05) is 0 Å². The molecule has 0 heterocycles. The number of rotatable bonds is 7. The van der Waals surface area contributed by atoms with Gasteiger partial charge in [0.2, 0.25) is 0 Å². The number of allylic oxidation sites excluding steroid dienone is 2. The minimum atomic E-state index is -0.155. The van der Waals surface area contributed by atoms with Gasteiger partial charge in [0.25, 0.3) is 0 Å². The van der Waals surface area contributed by atoms with E-state index < -0.39 is 0 Å². The van der Waals surface area contributed by atoms with Gasteiger partial charge in [-0.3, -0.25) is 0 Å². The van der Waals surface area contributed by atoms with Gasteiger partial charge in [-0.1, -0.05) is 45.3 Å². The maximum Gasteiger partial charge on any atom is 0.0596 e. The lowest BCUT2D eigenvalue weighted by atomic mass is 9.76. The monoisotopic (exact) mass is 212 g/mol. The van der Waals surface area contributed by atoms with Crippen LogP contribution in [0, 0.1) is 5.41 Å². The third kappa shape index (κ3) is 5.36. The molecule has 0 aromatic heterocycles. The third-order valence-corrected chi connectivity index (χ3v) is 3.42. The predicted octanol–water partition coefficient (Wildman–Crippen LogP) is 4.31. The van der Waals surface area contributed by atoms with Gasteiger partial charge in [-0.05, 0) is 38.5 Å². The highest BCUT2D eigenvalue weighted by atomic mass is 16.3. The molecule has 0 aromatic carbocycles. The van der Waals surface area contributed by atoms with Crippen LogP contribution in [0.4, 0.5) is 0 Å². The quantitative estimate of drug-likeness (QED) is 0.623. The molecule has 0 spiro atoms. The van der Waals surface area contributed by atoms with E-state index in [1.807, 2.05) is 0 Å². The second kappa shape index (κ2) is 7.05. The molecule has 0 aliphatic rings. The number of unbranched alkanes of at least 4 members (excludes halogenated alkanes) is 1. The first-order valence-electron chi connectivity index (χ1n) is 6.27. The Hall–Kier alpha value is -0.300. The summed E-state index contributed by atoms with van der Waals surface area (Å²) in [5.74, 6) is 0. The van der Waals surface area contributed by atoms with Crippen LogP contribution in [-0.4, -0.2) is 11.2 Å². The van der Waals surface area contributed by atoms with Crippen LogP contribution < -0.4 is 0 Å². The van der Waals surface area contributed by atoms with Crippen molar-refractivity contribution >= 4 is 0 Å². The van der Waals surface area contributed by atoms with Gasteiger partial charge in [-0.2, -0.15) is 0 Å². The lowest BCUT2D eigenvalue weighted by molar-refractivity contribution is 0.0276. The van der Waals surface area contributed by atoms with Crippen molar-refractivity contribution in [3.63, 3.8) is 0 Å². The summed E-state index contributed by atoms with van der Waals surface area (Å²) in [7, 11) is 0. The zero-order valence-corrected chi connectivity index (χ0v) is 11.1. The lowest BCUT2D eigenvalue weighted by Crippen LogP contribution is -2.31. The summed E-state index contributed by atoms with van der Waals surface area (Å²) in [5, 5.41) is 10.2. The molecule has 1 nitrogen and oxygen atoms in total. The van der Waals surface area contributed by atoms with E-state index in [-0.39, 0.29) is 11.5 Å². The first-order valence-corrected chi connectivity index (χ1v) is 6.27. The summed E-state index contributed by atoms with van der Waals surface area (Å²) in [6, 6.07) is 0. The molecule has 0 amide bonds. The number of hydrogen-bond acceptors (Lipinski definition) is 1. The second-order valence-corrected chi connectivity index (χ2v) is 5.15. The normalized spacial score (nSPS) is 16.9. The summed E-state index contributed by atoms with van der Waals surface area (Å²) < 4.78 is 0. The predicted molar refractivity (Wildman–Crippen MR) is 68.0 cm³/mol. The molecule has 0 saturated carbocycles. The first-order chi connectivity index (χ1) is 6.96. The van der Waals surface area contributed by atoms with Crippen LogP contribution >= 0.6 is 0 Å². The van der Waals surface area contributed by atoms with Crippen molar-refractivity contribution < 1.29 is 5.11 Å². The molecule has 90 valence electrons. The van der Waals surface area contributed by atoms with E-state index in [4.69, 9.17) is 0 Å². The maximum atomic E-state index is 10.2. The fraction of sp³-hybridized carbons (Fsp3) is 0.857. The SMILES string of the molecule is CCCCC(O)C(C)(CC)CC=C(C)C. The minimum absolute atomic E-state index is 0.0619. The van der Waals surface area contributed by atoms with Crippen LogP contribution in [-0.2, 0) is 0 Å². The smallest absolute Gasteiger partial charge is 0.0596 e. The zero-order chi connectivity index (χ0) is 11.9. The van der Waals surface area contributed by atoms with Crippen molar-refractivity contribution in [2.24, 2.45) is 5.41 Å². The molecule has 1 N–H and O–H groups in total. The highest BCUT2D eigenvalue weighted by molar-refractivity contribution is 4.98. The summed E-state index contributed by atoms with van der Waals surface area (Å²) in [6.07, 6.45) is 7.37. The number of aliphatic hydroxyl groups is 1. The molecule has 2 atom stereocenters. The van der Waals surface area contributed by atoms with Gasteiger partial charge in [-0.15, -0.1) is 0 Å². The molecular formula is C14H28O. The van der Waals surface area contributed by atoms with E-state index in [1.54, 1.807) is 0 Å².